The molecule has 1 unspecified atom stereocenters. The second kappa shape index (κ2) is 7.58. The van der Waals surface area contributed by atoms with E-state index in [4.69, 9.17) is 10.7 Å². The Morgan fingerprint density at radius 1 is 1.16 bits per heavy atom. The summed E-state index contributed by atoms with van der Waals surface area (Å²) in [6.45, 7) is 1.54. The topological polar surface area (TPSA) is 101 Å². The molecule has 0 saturated carbocycles. The van der Waals surface area contributed by atoms with Gasteiger partial charge in [-0.25, -0.2) is 9.97 Å². The molecule has 5 rings (SSSR count). The van der Waals surface area contributed by atoms with Gasteiger partial charge in [-0.05, 0) is 54.4 Å². The van der Waals surface area contributed by atoms with Crippen molar-refractivity contribution in [2.45, 2.75) is 12.3 Å². The van der Waals surface area contributed by atoms with Gasteiger partial charge in [-0.2, -0.15) is 5.26 Å². The lowest BCUT2D eigenvalue weighted by Gasteiger charge is -2.14. The van der Waals surface area contributed by atoms with Crippen LogP contribution in [-0.2, 0) is 4.79 Å². The van der Waals surface area contributed by atoms with E-state index in [9.17, 15) is 10.1 Å². The lowest BCUT2D eigenvalue weighted by Crippen LogP contribution is -2.17. The maximum absolute atomic E-state index is 11.0. The molecule has 1 amide bonds. The molecule has 2 aromatic heterocycles. The Morgan fingerprint density at radius 3 is 2.71 bits per heavy atom. The van der Waals surface area contributed by atoms with Crippen LogP contribution < -0.4 is 5.73 Å². The van der Waals surface area contributed by atoms with Crippen molar-refractivity contribution in [2.75, 3.05) is 18.8 Å². The fraction of sp³-hybridized carbons (Fsp3) is 0.167. The molecule has 0 spiro atoms. The summed E-state index contributed by atoms with van der Waals surface area (Å²) in [4.78, 5) is 21.9. The molecule has 7 heteroatoms. The number of nitriles is 1. The Morgan fingerprint density at radius 2 is 2.00 bits per heavy atom. The van der Waals surface area contributed by atoms with Crippen molar-refractivity contribution in [1.82, 2.24) is 19.4 Å². The predicted octanol–water partition coefficient (Wildman–Crippen LogP) is 3.49. The first-order valence-corrected chi connectivity index (χ1v) is 10.1. The van der Waals surface area contributed by atoms with Crippen LogP contribution in [0.5, 0.6) is 0 Å². The summed E-state index contributed by atoms with van der Waals surface area (Å²) in [5.41, 5.74) is 11.2. The number of carbonyl (C=O) groups is 1. The number of anilines is 1. The molecule has 0 radical (unpaired) electrons. The molecule has 0 bridgehead atoms. The van der Waals surface area contributed by atoms with Gasteiger partial charge in [0.25, 0.3) is 0 Å². The zero-order valence-electron chi connectivity index (χ0n) is 16.8. The predicted molar refractivity (Wildman–Crippen MR) is 118 cm³/mol. The van der Waals surface area contributed by atoms with Gasteiger partial charge in [-0.15, -0.1) is 0 Å². The van der Waals surface area contributed by atoms with Gasteiger partial charge in [-0.1, -0.05) is 12.1 Å². The number of rotatable bonds is 4. The molecule has 4 aromatic rings. The van der Waals surface area contributed by atoms with E-state index in [-0.39, 0.29) is 0 Å². The number of pyridine rings is 1. The molecule has 3 heterocycles. The zero-order chi connectivity index (χ0) is 21.4. The summed E-state index contributed by atoms with van der Waals surface area (Å²) < 4.78 is 2.01. The lowest BCUT2D eigenvalue weighted by molar-refractivity contribution is -0.117. The SMILES string of the molecule is N#Cc1ccc2nc(-c3cccnc3N)n(-c3ccc(C4CCN(C=O)C4)cc3)c2c1. The number of benzene rings is 2. The Hall–Kier alpha value is -4.18. The van der Waals surface area contributed by atoms with E-state index in [1.165, 1.54) is 5.56 Å². The highest BCUT2D eigenvalue weighted by Crippen LogP contribution is 2.33. The lowest BCUT2D eigenvalue weighted by atomic mass is 9.98. The fourth-order valence-corrected chi connectivity index (χ4v) is 4.24. The highest BCUT2D eigenvalue weighted by Gasteiger charge is 2.23. The van der Waals surface area contributed by atoms with Gasteiger partial charge >= 0.3 is 0 Å². The van der Waals surface area contributed by atoms with E-state index < -0.39 is 0 Å². The molecule has 152 valence electrons. The minimum Gasteiger partial charge on any atom is -0.383 e. The number of aromatic nitrogens is 3. The van der Waals surface area contributed by atoms with Crippen LogP contribution in [0.4, 0.5) is 5.82 Å². The molecule has 1 fully saturated rings. The van der Waals surface area contributed by atoms with Crippen molar-refractivity contribution >= 4 is 23.3 Å². The third-order valence-electron chi connectivity index (χ3n) is 5.85. The number of amides is 1. The van der Waals surface area contributed by atoms with Crippen molar-refractivity contribution in [2.24, 2.45) is 0 Å². The van der Waals surface area contributed by atoms with Crippen LogP contribution in [0, 0.1) is 11.3 Å². The average molecular weight is 408 g/mol. The minimum atomic E-state index is 0.345. The largest absolute Gasteiger partial charge is 0.383 e. The third-order valence-corrected chi connectivity index (χ3v) is 5.85. The summed E-state index contributed by atoms with van der Waals surface area (Å²) in [6.07, 6.45) is 3.54. The molecule has 1 aliphatic heterocycles. The second-order valence-corrected chi connectivity index (χ2v) is 7.70. The molecular formula is C24H20N6O. The maximum atomic E-state index is 11.0. The van der Waals surface area contributed by atoms with Crippen LogP contribution in [0.1, 0.15) is 23.5 Å². The first-order chi connectivity index (χ1) is 15.2. The van der Waals surface area contributed by atoms with E-state index in [2.05, 4.69) is 35.3 Å². The minimum absolute atomic E-state index is 0.345. The number of nitrogen functional groups attached to an aromatic ring is 1. The summed E-state index contributed by atoms with van der Waals surface area (Å²) in [6, 6.07) is 19.7. The summed E-state index contributed by atoms with van der Waals surface area (Å²) in [5.74, 6) is 1.42. The van der Waals surface area contributed by atoms with Gasteiger partial charge in [0.1, 0.15) is 11.6 Å². The molecule has 1 saturated heterocycles. The van der Waals surface area contributed by atoms with Gasteiger partial charge in [0.15, 0.2) is 0 Å². The highest BCUT2D eigenvalue weighted by molar-refractivity contribution is 5.86. The number of likely N-dealkylation sites (tertiary alicyclic amines) is 1. The summed E-state index contributed by atoms with van der Waals surface area (Å²) >= 11 is 0. The Balaban J connectivity index is 1.64. The first kappa shape index (κ1) is 18.8. The van der Waals surface area contributed by atoms with E-state index in [1.807, 2.05) is 33.7 Å². The number of imidazole rings is 1. The van der Waals surface area contributed by atoms with Gasteiger partial charge in [-0.3, -0.25) is 9.36 Å². The molecular weight excluding hydrogens is 388 g/mol. The molecule has 2 N–H and O–H groups in total. The van der Waals surface area contributed by atoms with Crippen molar-refractivity contribution in [3.8, 4) is 23.1 Å². The standard InChI is InChI=1S/C24H20N6O/c25-13-16-3-8-21-22(12-16)30(24(28-21)20-2-1-10-27-23(20)26)19-6-4-17(5-7-19)18-9-11-29(14-18)15-31/h1-8,10,12,15,18H,9,11,14H2,(H2,26,27). The molecule has 7 nitrogen and oxygen atoms in total. The Labute approximate surface area is 179 Å². The average Bonchev–Trinajstić information content (AvgIpc) is 3.44. The molecule has 1 atom stereocenters. The molecule has 0 aliphatic carbocycles. The number of hydrogen-bond donors (Lipinski definition) is 1. The summed E-state index contributed by atoms with van der Waals surface area (Å²) in [5, 5.41) is 9.39. The van der Waals surface area contributed by atoms with Crippen LogP contribution in [-0.4, -0.2) is 38.9 Å². The van der Waals surface area contributed by atoms with Crippen LogP contribution in [0.2, 0.25) is 0 Å². The second-order valence-electron chi connectivity index (χ2n) is 7.70. The Kier molecular flexibility index (Phi) is 4.60. The normalized spacial score (nSPS) is 15.8. The van der Waals surface area contributed by atoms with Gasteiger partial charge in [0.05, 0.1) is 28.2 Å². The molecule has 1 aliphatic rings. The first-order valence-electron chi connectivity index (χ1n) is 10.1. The number of nitrogens with two attached hydrogens (primary N) is 1. The van der Waals surface area contributed by atoms with E-state index in [0.717, 1.165) is 48.2 Å². The van der Waals surface area contributed by atoms with Crippen molar-refractivity contribution < 1.29 is 4.79 Å². The third kappa shape index (κ3) is 3.28. The van der Waals surface area contributed by atoms with E-state index >= 15 is 0 Å². The van der Waals surface area contributed by atoms with Crippen LogP contribution in [0.15, 0.2) is 60.8 Å². The van der Waals surface area contributed by atoms with Crippen LogP contribution in [0.3, 0.4) is 0 Å². The quantitative estimate of drug-likeness (QED) is 0.521. The number of nitrogens with zero attached hydrogens (tertiary/aromatic N) is 5. The summed E-state index contributed by atoms with van der Waals surface area (Å²) in [7, 11) is 0. The smallest absolute Gasteiger partial charge is 0.209 e. The fourth-order valence-electron chi connectivity index (χ4n) is 4.24. The van der Waals surface area contributed by atoms with E-state index in [0.29, 0.717) is 23.1 Å². The number of hydrogen-bond acceptors (Lipinski definition) is 5. The van der Waals surface area contributed by atoms with Gasteiger partial charge < -0.3 is 10.6 Å². The molecule has 31 heavy (non-hydrogen) atoms. The maximum Gasteiger partial charge on any atom is 0.209 e. The van der Waals surface area contributed by atoms with E-state index in [1.54, 1.807) is 12.3 Å². The Bertz CT molecular complexity index is 1320. The van der Waals surface area contributed by atoms with Crippen molar-refractivity contribution in [1.29, 1.82) is 5.26 Å². The zero-order valence-corrected chi connectivity index (χ0v) is 16.8. The van der Waals surface area contributed by atoms with Crippen LogP contribution >= 0.6 is 0 Å². The van der Waals surface area contributed by atoms with Crippen molar-refractivity contribution in [3.05, 3.63) is 71.9 Å². The van der Waals surface area contributed by atoms with Crippen molar-refractivity contribution in [3.63, 3.8) is 0 Å². The number of fused-ring (bicyclic) bond motifs is 1. The monoisotopic (exact) mass is 408 g/mol. The van der Waals surface area contributed by atoms with Gasteiger partial charge in [0, 0.05) is 30.9 Å². The van der Waals surface area contributed by atoms with Crippen LogP contribution in [0.25, 0.3) is 28.1 Å². The number of carbonyl (C=O) groups excluding carboxylic acids is 1. The molecule has 2 aromatic carbocycles. The highest BCUT2D eigenvalue weighted by atomic mass is 16.1. The van der Waals surface area contributed by atoms with Gasteiger partial charge in [0.2, 0.25) is 6.41 Å².